The molecule has 4 rings (SSSR count). The first-order chi connectivity index (χ1) is 10.1. The van der Waals surface area contributed by atoms with Gasteiger partial charge >= 0.3 is 0 Å². The fourth-order valence-electron chi connectivity index (χ4n) is 5.30. The highest BCUT2D eigenvalue weighted by molar-refractivity contribution is 5.85. The van der Waals surface area contributed by atoms with Gasteiger partial charge in [-0.05, 0) is 61.7 Å². The van der Waals surface area contributed by atoms with Gasteiger partial charge in [0.25, 0.3) is 0 Å². The molecule has 0 spiro atoms. The molecule has 0 heterocycles. The van der Waals surface area contributed by atoms with Crippen LogP contribution < -0.4 is 10.6 Å². The minimum Gasteiger partial charge on any atom is -0.347 e. The molecule has 0 radical (unpaired) electrons. The lowest BCUT2D eigenvalue weighted by Gasteiger charge is -2.56. The summed E-state index contributed by atoms with van der Waals surface area (Å²) in [6.45, 7) is 0.247. The van der Waals surface area contributed by atoms with E-state index in [4.69, 9.17) is 6.42 Å². The van der Waals surface area contributed by atoms with Gasteiger partial charge in [0.2, 0.25) is 11.8 Å². The molecule has 4 aliphatic rings. The lowest BCUT2D eigenvalue weighted by atomic mass is 9.49. The number of hydrogen-bond donors (Lipinski definition) is 2. The summed E-state index contributed by atoms with van der Waals surface area (Å²) in [6, 6.07) is 0. The first-order valence-electron chi connectivity index (χ1n) is 8.05. The van der Waals surface area contributed by atoms with E-state index in [-0.39, 0.29) is 30.3 Å². The van der Waals surface area contributed by atoms with Gasteiger partial charge in [0, 0.05) is 6.42 Å². The highest BCUT2D eigenvalue weighted by Crippen LogP contribution is 2.61. The zero-order valence-electron chi connectivity index (χ0n) is 12.5. The van der Waals surface area contributed by atoms with Crippen LogP contribution >= 0.6 is 0 Å². The van der Waals surface area contributed by atoms with Crippen LogP contribution in [0.2, 0.25) is 0 Å². The van der Waals surface area contributed by atoms with Crippen LogP contribution in [-0.4, -0.2) is 24.9 Å². The van der Waals surface area contributed by atoms with Gasteiger partial charge < -0.3 is 10.6 Å². The fourth-order valence-corrected chi connectivity index (χ4v) is 5.30. The second-order valence-electron chi connectivity index (χ2n) is 7.35. The monoisotopic (exact) mass is 288 g/mol. The number of amides is 2. The maximum Gasteiger partial charge on any atom is 0.240 e. The zero-order valence-corrected chi connectivity index (χ0v) is 12.5. The molecule has 0 atom stereocenters. The Morgan fingerprint density at radius 2 is 1.57 bits per heavy atom. The third-order valence-corrected chi connectivity index (χ3v) is 5.53. The number of hydrogen-bond acceptors (Lipinski definition) is 2. The minimum atomic E-state index is -0.216. The van der Waals surface area contributed by atoms with Crippen molar-refractivity contribution in [2.45, 2.75) is 44.9 Å². The van der Waals surface area contributed by atoms with Gasteiger partial charge in [0.05, 0.1) is 13.1 Å². The van der Waals surface area contributed by atoms with Crippen molar-refractivity contribution in [3.8, 4) is 12.3 Å². The normalized spacial score (nSPS) is 36.0. The van der Waals surface area contributed by atoms with Gasteiger partial charge in [0.1, 0.15) is 0 Å². The van der Waals surface area contributed by atoms with Crippen LogP contribution in [-0.2, 0) is 9.59 Å². The number of nitrogens with one attached hydrogen (secondary N) is 2. The van der Waals surface area contributed by atoms with Crippen molar-refractivity contribution in [2.24, 2.45) is 23.2 Å². The van der Waals surface area contributed by atoms with Crippen molar-refractivity contribution in [1.29, 1.82) is 0 Å². The molecule has 114 valence electrons. The van der Waals surface area contributed by atoms with E-state index in [1.54, 1.807) is 0 Å². The van der Waals surface area contributed by atoms with Crippen molar-refractivity contribution in [2.75, 3.05) is 13.1 Å². The van der Waals surface area contributed by atoms with E-state index in [9.17, 15) is 9.59 Å². The molecule has 4 heteroatoms. The average Bonchev–Trinajstić information content (AvgIpc) is 2.40. The predicted molar refractivity (Wildman–Crippen MR) is 80.1 cm³/mol. The zero-order chi connectivity index (χ0) is 14.9. The first kappa shape index (κ1) is 14.4. The smallest absolute Gasteiger partial charge is 0.240 e. The summed E-state index contributed by atoms with van der Waals surface area (Å²) in [7, 11) is 0. The summed E-state index contributed by atoms with van der Waals surface area (Å²) in [5, 5.41) is 5.30. The van der Waals surface area contributed by atoms with Crippen molar-refractivity contribution >= 4 is 11.8 Å². The van der Waals surface area contributed by atoms with Crippen LogP contribution in [0.5, 0.6) is 0 Å². The molecule has 4 fully saturated rings. The molecule has 0 aliphatic heterocycles. The Morgan fingerprint density at radius 3 is 2.10 bits per heavy atom. The molecule has 2 amide bonds. The van der Waals surface area contributed by atoms with Gasteiger partial charge in [-0.1, -0.05) is 5.92 Å². The maximum absolute atomic E-state index is 12.2. The van der Waals surface area contributed by atoms with Crippen molar-refractivity contribution < 1.29 is 9.59 Å². The average molecular weight is 288 g/mol. The third kappa shape index (κ3) is 3.23. The van der Waals surface area contributed by atoms with Crippen LogP contribution in [0.1, 0.15) is 44.9 Å². The second-order valence-corrected chi connectivity index (χ2v) is 7.35. The topological polar surface area (TPSA) is 58.2 Å². The number of carbonyl (C=O) groups is 2. The Balaban J connectivity index is 1.49. The van der Waals surface area contributed by atoms with E-state index in [1.807, 2.05) is 0 Å². The molecule has 2 N–H and O–H groups in total. The predicted octanol–water partition coefficient (Wildman–Crippen LogP) is 1.46. The summed E-state index contributed by atoms with van der Waals surface area (Å²) < 4.78 is 0. The van der Waals surface area contributed by atoms with Crippen LogP contribution in [0.25, 0.3) is 0 Å². The second kappa shape index (κ2) is 5.71. The van der Waals surface area contributed by atoms with Gasteiger partial charge in [-0.25, -0.2) is 0 Å². The molecule has 0 aromatic rings. The quantitative estimate of drug-likeness (QED) is 0.753. The molecule has 0 saturated heterocycles. The molecule has 4 saturated carbocycles. The molecule has 4 bridgehead atoms. The third-order valence-electron chi connectivity index (χ3n) is 5.53. The van der Waals surface area contributed by atoms with E-state index >= 15 is 0 Å². The molecular weight excluding hydrogens is 264 g/mol. The van der Waals surface area contributed by atoms with Crippen molar-refractivity contribution in [3.05, 3.63) is 0 Å². The van der Waals surface area contributed by atoms with Crippen LogP contribution in [0.3, 0.4) is 0 Å². The summed E-state index contributed by atoms with van der Waals surface area (Å²) in [4.78, 5) is 23.6. The molecule has 0 unspecified atom stereocenters. The molecule has 4 nitrogen and oxygen atoms in total. The highest BCUT2D eigenvalue weighted by atomic mass is 16.2. The molecule has 4 aliphatic carbocycles. The van der Waals surface area contributed by atoms with E-state index < -0.39 is 0 Å². The van der Waals surface area contributed by atoms with Gasteiger partial charge in [-0.3, -0.25) is 9.59 Å². The van der Waals surface area contributed by atoms with Crippen molar-refractivity contribution in [1.82, 2.24) is 10.6 Å². The fraction of sp³-hybridized carbons (Fsp3) is 0.765. The van der Waals surface area contributed by atoms with Gasteiger partial charge in [-0.2, -0.15) is 0 Å². The molecular formula is C17H24N2O2. The van der Waals surface area contributed by atoms with E-state index in [2.05, 4.69) is 16.6 Å². The standard InChI is InChI=1S/C17H24N2O2/c1-2-3-18-16(21)11-19-15(20)10-17-7-12-4-13(8-17)6-14(5-12)9-17/h1,12-14H,3-11H2,(H,18,21)(H,19,20). The van der Waals surface area contributed by atoms with Crippen LogP contribution in [0.4, 0.5) is 0 Å². The Kier molecular flexibility index (Phi) is 3.93. The van der Waals surface area contributed by atoms with Gasteiger partial charge in [0.15, 0.2) is 0 Å². The maximum atomic E-state index is 12.2. The Bertz CT molecular complexity index is 442. The first-order valence-corrected chi connectivity index (χ1v) is 8.05. The molecule has 0 aromatic carbocycles. The summed E-state index contributed by atoms with van der Waals surface area (Å²) in [5.74, 6) is 4.70. The minimum absolute atomic E-state index is 0.0211. The highest BCUT2D eigenvalue weighted by Gasteiger charge is 2.51. The van der Waals surface area contributed by atoms with E-state index in [0.717, 1.165) is 17.8 Å². The van der Waals surface area contributed by atoms with Gasteiger partial charge in [-0.15, -0.1) is 6.42 Å². The van der Waals surface area contributed by atoms with E-state index in [0.29, 0.717) is 6.42 Å². The summed E-state index contributed by atoms with van der Waals surface area (Å²) in [5.41, 5.74) is 0.230. The van der Waals surface area contributed by atoms with E-state index in [1.165, 1.54) is 38.5 Å². The molecule has 0 aromatic heterocycles. The lowest BCUT2D eigenvalue weighted by Crippen LogP contribution is -2.48. The van der Waals surface area contributed by atoms with Crippen LogP contribution in [0.15, 0.2) is 0 Å². The summed E-state index contributed by atoms with van der Waals surface area (Å²) >= 11 is 0. The SMILES string of the molecule is C#CCNC(=O)CNC(=O)CC12CC3CC(CC(C3)C1)C2. The number of carbonyl (C=O) groups excluding carboxylic acids is 2. The molecule has 21 heavy (non-hydrogen) atoms. The van der Waals surface area contributed by atoms with Crippen molar-refractivity contribution in [3.63, 3.8) is 0 Å². The lowest BCUT2D eigenvalue weighted by molar-refractivity contribution is -0.131. The van der Waals surface area contributed by atoms with Crippen LogP contribution in [0, 0.1) is 35.5 Å². The Morgan fingerprint density at radius 1 is 1.00 bits per heavy atom. The largest absolute Gasteiger partial charge is 0.347 e. The Hall–Kier alpha value is -1.50. The number of rotatable bonds is 5. The number of terminal acetylenes is 1. The Labute approximate surface area is 126 Å². The summed E-state index contributed by atoms with van der Waals surface area (Å²) in [6.07, 6.45) is 13.5.